The van der Waals surface area contributed by atoms with Gasteiger partial charge in [-0.1, -0.05) is 0 Å². The minimum Gasteiger partial charge on any atom is -0.339 e. The molecule has 0 bridgehead atoms. The normalized spacial score (nSPS) is 29.2. The van der Waals surface area contributed by atoms with Gasteiger partial charge >= 0.3 is 0 Å². The smallest absolute Gasteiger partial charge is 0.191 e. The second-order valence-electron chi connectivity index (χ2n) is 4.42. The average molecular weight is 338 g/mol. The topological polar surface area (TPSA) is 27.6 Å². The van der Waals surface area contributed by atoms with E-state index in [9.17, 15) is 17.6 Å². The van der Waals surface area contributed by atoms with Crippen LogP contribution in [0.5, 0.6) is 0 Å². The highest BCUT2D eigenvalue weighted by Gasteiger charge is 2.46. The van der Waals surface area contributed by atoms with Gasteiger partial charge in [0.2, 0.25) is 0 Å². The van der Waals surface area contributed by atoms with Gasteiger partial charge in [0.05, 0.1) is 6.04 Å². The van der Waals surface area contributed by atoms with Gasteiger partial charge in [-0.15, -0.1) is 5.10 Å². The molecule has 2 aliphatic rings. The second kappa shape index (κ2) is 4.36. The molecular formula is C11H8BrF4N3. The van der Waals surface area contributed by atoms with Crippen LogP contribution in [-0.2, 0) is 0 Å². The number of hydrazone groups is 1. The first kappa shape index (κ1) is 12.7. The lowest BCUT2D eigenvalue weighted by Crippen LogP contribution is -2.38. The Bertz CT molecular complexity index is 565. The number of hydrogen-bond donors (Lipinski definition) is 1. The molecule has 102 valence electrons. The van der Waals surface area contributed by atoms with Crippen LogP contribution in [0, 0.1) is 17.5 Å². The molecule has 3 rings (SSSR count). The number of amidine groups is 1. The second-order valence-corrected chi connectivity index (χ2v) is 5.17. The molecule has 1 fully saturated rings. The molecule has 0 radical (unpaired) electrons. The largest absolute Gasteiger partial charge is 0.339 e. The Kier molecular flexibility index (Phi) is 2.92. The third kappa shape index (κ3) is 1.98. The van der Waals surface area contributed by atoms with E-state index in [0.717, 1.165) is 6.07 Å². The summed E-state index contributed by atoms with van der Waals surface area (Å²) >= 11 is 3.06. The number of hydrogen-bond acceptors (Lipinski definition) is 3. The van der Waals surface area contributed by atoms with Gasteiger partial charge in [0, 0.05) is 18.1 Å². The third-order valence-electron chi connectivity index (χ3n) is 3.25. The zero-order chi connectivity index (χ0) is 13.7. The van der Waals surface area contributed by atoms with Crippen LogP contribution in [0.4, 0.5) is 17.6 Å². The van der Waals surface area contributed by atoms with E-state index >= 15 is 0 Å². The minimum atomic E-state index is -1.31. The van der Waals surface area contributed by atoms with Crippen molar-refractivity contribution in [2.24, 2.45) is 5.10 Å². The summed E-state index contributed by atoms with van der Waals surface area (Å²) in [7, 11) is 0. The Balaban J connectivity index is 2.03. The van der Waals surface area contributed by atoms with Crippen molar-refractivity contribution in [3.8, 4) is 0 Å². The predicted octanol–water partition coefficient (Wildman–Crippen LogP) is 2.78. The van der Waals surface area contributed by atoms with Crippen LogP contribution in [0.2, 0.25) is 0 Å². The van der Waals surface area contributed by atoms with Gasteiger partial charge in [0.1, 0.15) is 18.2 Å². The zero-order valence-corrected chi connectivity index (χ0v) is 11.0. The maximum Gasteiger partial charge on any atom is 0.191 e. The summed E-state index contributed by atoms with van der Waals surface area (Å²) in [6, 6.07) is 0.493. The van der Waals surface area contributed by atoms with Crippen molar-refractivity contribution in [3.63, 3.8) is 0 Å². The van der Waals surface area contributed by atoms with Gasteiger partial charge < -0.3 is 5.32 Å². The molecular weight excluding hydrogens is 330 g/mol. The van der Waals surface area contributed by atoms with Gasteiger partial charge in [-0.05, 0) is 22.0 Å². The maximum atomic E-state index is 13.8. The van der Waals surface area contributed by atoms with Gasteiger partial charge in [-0.3, -0.25) is 5.01 Å². The third-order valence-corrected chi connectivity index (χ3v) is 3.63. The number of alkyl halides is 1. The van der Waals surface area contributed by atoms with Crippen LogP contribution in [-0.4, -0.2) is 22.1 Å². The summed E-state index contributed by atoms with van der Waals surface area (Å²) in [5.41, 5.74) is -0.226. The summed E-state index contributed by atoms with van der Waals surface area (Å²) in [5.74, 6) is -3.36. The molecule has 8 heteroatoms. The van der Waals surface area contributed by atoms with E-state index < -0.39 is 35.8 Å². The molecule has 3 atom stereocenters. The summed E-state index contributed by atoms with van der Waals surface area (Å²) in [5, 5.41) is 7.97. The Morgan fingerprint density at radius 2 is 2.05 bits per heavy atom. The summed E-state index contributed by atoms with van der Waals surface area (Å²) < 4.78 is 54.3. The lowest BCUT2D eigenvalue weighted by Gasteiger charge is -2.22. The first-order valence-electron chi connectivity index (χ1n) is 5.55. The van der Waals surface area contributed by atoms with Crippen molar-refractivity contribution in [2.45, 2.75) is 24.8 Å². The SMILES string of the molecule is Fc1cc(F)c(F)c([C@@H]2C[C@H](F)C3NC(Br)=NN32)c1. The fraction of sp³-hybridized carbons (Fsp3) is 0.364. The molecule has 1 unspecified atom stereocenters. The highest BCUT2D eigenvalue weighted by atomic mass is 79.9. The molecule has 0 aromatic heterocycles. The van der Waals surface area contributed by atoms with E-state index in [4.69, 9.17) is 0 Å². The van der Waals surface area contributed by atoms with E-state index in [-0.39, 0.29) is 12.0 Å². The van der Waals surface area contributed by atoms with Crippen LogP contribution in [0.15, 0.2) is 17.2 Å². The zero-order valence-electron chi connectivity index (χ0n) is 9.38. The fourth-order valence-electron chi connectivity index (χ4n) is 2.44. The Morgan fingerprint density at radius 1 is 1.32 bits per heavy atom. The lowest BCUT2D eigenvalue weighted by atomic mass is 10.0. The molecule has 0 amide bonds. The van der Waals surface area contributed by atoms with Gasteiger partial charge in [-0.25, -0.2) is 17.6 Å². The molecule has 0 aliphatic carbocycles. The predicted molar refractivity (Wildman–Crippen MR) is 63.7 cm³/mol. The van der Waals surface area contributed by atoms with Crippen molar-refractivity contribution in [1.82, 2.24) is 10.3 Å². The van der Waals surface area contributed by atoms with Crippen LogP contribution in [0.3, 0.4) is 0 Å². The molecule has 19 heavy (non-hydrogen) atoms. The van der Waals surface area contributed by atoms with Crippen molar-refractivity contribution < 1.29 is 17.6 Å². The first-order valence-corrected chi connectivity index (χ1v) is 6.34. The van der Waals surface area contributed by atoms with Crippen LogP contribution in [0.1, 0.15) is 18.0 Å². The standard InChI is InChI=1S/C11H8BrF4N3/c12-11-17-10-7(15)3-8(19(10)18-11)5-1-4(13)2-6(14)9(5)16/h1-2,7-8,10H,3H2,(H,17,18)/t7-,8-,10?/m0/s1. The number of nitrogens with one attached hydrogen (secondary N) is 1. The van der Waals surface area contributed by atoms with Crippen molar-refractivity contribution >= 4 is 20.7 Å². The van der Waals surface area contributed by atoms with E-state index in [0.29, 0.717) is 10.8 Å². The number of nitrogens with zero attached hydrogens (tertiary/aromatic N) is 2. The number of benzene rings is 1. The van der Waals surface area contributed by atoms with Crippen molar-refractivity contribution in [3.05, 3.63) is 35.1 Å². The highest BCUT2D eigenvalue weighted by Crippen LogP contribution is 2.40. The number of fused-ring (bicyclic) bond motifs is 1. The molecule has 1 aromatic carbocycles. The average Bonchev–Trinajstić information content (AvgIpc) is 2.84. The van der Waals surface area contributed by atoms with Crippen molar-refractivity contribution in [2.75, 3.05) is 0 Å². The molecule has 1 aromatic rings. The Hall–Kier alpha value is -1.31. The Labute approximate surface area is 114 Å². The molecule has 1 N–H and O–H groups in total. The van der Waals surface area contributed by atoms with E-state index in [1.807, 2.05) is 0 Å². The molecule has 2 heterocycles. The van der Waals surface area contributed by atoms with E-state index in [2.05, 4.69) is 26.3 Å². The highest BCUT2D eigenvalue weighted by molar-refractivity contribution is 9.18. The van der Waals surface area contributed by atoms with E-state index in [1.165, 1.54) is 5.01 Å². The fourth-order valence-corrected chi connectivity index (χ4v) is 2.86. The van der Waals surface area contributed by atoms with Crippen LogP contribution in [0.25, 0.3) is 0 Å². The molecule has 3 nitrogen and oxygen atoms in total. The molecule has 2 aliphatic heterocycles. The molecule has 0 saturated carbocycles. The lowest BCUT2D eigenvalue weighted by molar-refractivity contribution is 0.177. The van der Waals surface area contributed by atoms with Crippen LogP contribution < -0.4 is 5.32 Å². The monoisotopic (exact) mass is 337 g/mol. The number of halogens is 5. The summed E-state index contributed by atoms with van der Waals surface area (Å²) in [6.45, 7) is 0. The van der Waals surface area contributed by atoms with Gasteiger partial charge in [0.25, 0.3) is 0 Å². The van der Waals surface area contributed by atoms with E-state index in [1.54, 1.807) is 0 Å². The maximum absolute atomic E-state index is 13.8. The summed E-state index contributed by atoms with van der Waals surface area (Å²) in [4.78, 5) is 0. The minimum absolute atomic E-state index is 0.0821. The van der Waals surface area contributed by atoms with Gasteiger partial charge in [0.15, 0.2) is 16.4 Å². The van der Waals surface area contributed by atoms with Crippen molar-refractivity contribution in [1.29, 1.82) is 0 Å². The first-order chi connectivity index (χ1) is 8.97. The van der Waals surface area contributed by atoms with Gasteiger partial charge in [-0.2, -0.15) is 0 Å². The molecule has 1 saturated heterocycles. The summed E-state index contributed by atoms with van der Waals surface area (Å²) in [6.07, 6.45) is -2.14. The molecule has 0 spiro atoms. The quantitative estimate of drug-likeness (QED) is 0.485. The number of rotatable bonds is 1. The van der Waals surface area contributed by atoms with Crippen LogP contribution >= 0.6 is 15.9 Å². The Morgan fingerprint density at radius 3 is 2.79 bits per heavy atom.